The Morgan fingerprint density at radius 2 is 1.94 bits per heavy atom. The zero-order valence-electron chi connectivity index (χ0n) is 18.1. The number of benzene rings is 2. The molecule has 0 bridgehead atoms. The maximum absolute atomic E-state index is 12.7. The lowest BCUT2D eigenvalue weighted by Crippen LogP contribution is -2.15. The van der Waals surface area contributed by atoms with Crippen LogP contribution in [-0.2, 0) is 6.54 Å². The minimum Gasteiger partial charge on any atom is -0.497 e. The first-order chi connectivity index (χ1) is 15.5. The third-order valence-electron chi connectivity index (χ3n) is 5.59. The molecule has 8 heteroatoms. The molecule has 8 nitrogen and oxygen atoms in total. The van der Waals surface area contributed by atoms with E-state index >= 15 is 0 Å². The van der Waals surface area contributed by atoms with Crippen LogP contribution in [0.1, 0.15) is 17.0 Å². The second-order valence-electron chi connectivity index (χ2n) is 7.55. The number of hydrogen-bond donors (Lipinski definition) is 0. The summed E-state index contributed by atoms with van der Waals surface area (Å²) in [6, 6.07) is 11.4. The molecule has 5 aromatic rings. The smallest absolute Gasteiger partial charge is 0.420 e. The van der Waals surface area contributed by atoms with Crippen molar-refractivity contribution in [2.24, 2.45) is 0 Å². The summed E-state index contributed by atoms with van der Waals surface area (Å²) >= 11 is 0. The van der Waals surface area contributed by atoms with E-state index < -0.39 is 5.76 Å². The van der Waals surface area contributed by atoms with Gasteiger partial charge in [0.05, 0.1) is 43.7 Å². The molecular formula is C24H21N3O5. The largest absolute Gasteiger partial charge is 0.497 e. The van der Waals surface area contributed by atoms with E-state index in [2.05, 4.69) is 10.1 Å². The molecule has 32 heavy (non-hydrogen) atoms. The molecule has 0 radical (unpaired) electrons. The van der Waals surface area contributed by atoms with Crippen LogP contribution >= 0.6 is 0 Å². The van der Waals surface area contributed by atoms with Gasteiger partial charge in [0.1, 0.15) is 22.8 Å². The number of aromatic nitrogens is 3. The Morgan fingerprint density at radius 1 is 1.09 bits per heavy atom. The van der Waals surface area contributed by atoms with E-state index in [9.17, 15) is 4.79 Å². The van der Waals surface area contributed by atoms with Crippen LogP contribution in [0.5, 0.6) is 11.5 Å². The van der Waals surface area contributed by atoms with Gasteiger partial charge < -0.3 is 18.4 Å². The monoisotopic (exact) mass is 431 g/mol. The molecule has 0 atom stereocenters. The first-order valence-electron chi connectivity index (χ1n) is 10.1. The lowest BCUT2D eigenvalue weighted by molar-refractivity contribution is 0.393. The van der Waals surface area contributed by atoms with Gasteiger partial charge in [-0.15, -0.1) is 0 Å². The molecule has 2 aromatic carbocycles. The van der Waals surface area contributed by atoms with E-state index in [1.54, 1.807) is 25.0 Å². The van der Waals surface area contributed by atoms with Crippen molar-refractivity contribution in [3.05, 3.63) is 70.2 Å². The molecule has 0 unspecified atom stereocenters. The van der Waals surface area contributed by atoms with Crippen molar-refractivity contribution in [3.63, 3.8) is 0 Å². The van der Waals surface area contributed by atoms with Crippen molar-refractivity contribution in [1.82, 2.24) is 14.7 Å². The van der Waals surface area contributed by atoms with E-state index in [4.69, 9.17) is 18.4 Å². The van der Waals surface area contributed by atoms with E-state index in [0.29, 0.717) is 34.7 Å². The second-order valence-corrected chi connectivity index (χ2v) is 7.55. The van der Waals surface area contributed by atoms with Crippen LogP contribution < -0.4 is 15.2 Å². The molecule has 0 spiro atoms. The SMILES string of the molecule is COc1cccc(Cn2c(=O)oc3cnc4cc(-c5c(C)noc5C)c(OC)cc4c32)c1. The van der Waals surface area contributed by atoms with Gasteiger partial charge in [-0.2, -0.15) is 0 Å². The normalized spacial score (nSPS) is 11.4. The number of nitrogens with zero attached hydrogens (tertiary/aromatic N) is 3. The highest BCUT2D eigenvalue weighted by molar-refractivity contribution is 6.04. The number of rotatable bonds is 5. The van der Waals surface area contributed by atoms with Gasteiger partial charge in [-0.3, -0.25) is 9.55 Å². The Labute approximate surface area is 183 Å². The molecule has 162 valence electrons. The van der Waals surface area contributed by atoms with Crippen molar-refractivity contribution in [3.8, 4) is 22.6 Å². The fourth-order valence-corrected chi connectivity index (χ4v) is 4.11. The third kappa shape index (κ3) is 3.11. The van der Waals surface area contributed by atoms with Gasteiger partial charge in [0.25, 0.3) is 0 Å². The first-order valence-corrected chi connectivity index (χ1v) is 10.1. The zero-order chi connectivity index (χ0) is 22.4. The molecular weight excluding hydrogens is 410 g/mol. The number of fused-ring (bicyclic) bond motifs is 3. The number of pyridine rings is 1. The van der Waals surface area contributed by atoms with Gasteiger partial charge in [0.15, 0.2) is 5.58 Å². The van der Waals surface area contributed by atoms with Gasteiger partial charge >= 0.3 is 5.76 Å². The highest BCUT2D eigenvalue weighted by atomic mass is 16.5. The molecule has 3 aromatic heterocycles. The summed E-state index contributed by atoms with van der Waals surface area (Å²) < 4.78 is 23.5. The minimum atomic E-state index is -0.453. The van der Waals surface area contributed by atoms with Crippen LogP contribution in [0.2, 0.25) is 0 Å². The van der Waals surface area contributed by atoms with Crippen molar-refractivity contribution in [2.75, 3.05) is 14.2 Å². The first kappa shape index (κ1) is 19.9. The molecule has 0 N–H and O–H groups in total. The molecule has 0 amide bonds. The Balaban J connectivity index is 1.75. The van der Waals surface area contributed by atoms with Crippen LogP contribution in [0.15, 0.2) is 56.3 Å². The van der Waals surface area contributed by atoms with Crippen molar-refractivity contribution < 1.29 is 18.4 Å². The van der Waals surface area contributed by atoms with E-state index in [0.717, 1.165) is 33.5 Å². The summed E-state index contributed by atoms with van der Waals surface area (Å²) in [5.41, 5.74) is 5.15. The summed E-state index contributed by atoms with van der Waals surface area (Å²) in [5.74, 6) is 1.59. The molecule has 0 saturated heterocycles. The number of ether oxygens (including phenoxy) is 2. The standard InChI is InChI=1S/C24H21N3O5/c1-13-22(14(2)32-26-13)18-9-19-17(10-20(18)30-4)23-21(11-25-19)31-24(28)27(23)12-15-6-5-7-16(8-15)29-3/h5-11H,12H2,1-4H3. The summed E-state index contributed by atoms with van der Waals surface area (Å²) in [6.45, 7) is 4.07. The minimum absolute atomic E-state index is 0.329. The Morgan fingerprint density at radius 3 is 2.66 bits per heavy atom. The fourth-order valence-electron chi connectivity index (χ4n) is 4.11. The molecule has 0 fully saturated rings. The molecule has 3 heterocycles. The molecule has 0 aliphatic heterocycles. The fraction of sp³-hybridized carbons (Fsp3) is 0.208. The maximum Gasteiger partial charge on any atom is 0.420 e. The molecule has 0 aliphatic carbocycles. The van der Waals surface area contributed by atoms with Crippen molar-refractivity contribution in [2.45, 2.75) is 20.4 Å². The van der Waals surface area contributed by atoms with Crippen LogP contribution in [0.3, 0.4) is 0 Å². The third-order valence-corrected chi connectivity index (χ3v) is 5.59. The van der Waals surface area contributed by atoms with Crippen LogP contribution in [0, 0.1) is 13.8 Å². The Bertz CT molecular complexity index is 1510. The highest BCUT2D eigenvalue weighted by Gasteiger charge is 2.20. The Hall–Kier alpha value is -4.07. The van der Waals surface area contributed by atoms with Gasteiger partial charge in [0, 0.05) is 10.9 Å². The predicted octanol–water partition coefficient (Wildman–Crippen LogP) is 4.48. The summed E-state index contributed by atoms with van der Waals surface area (Å²) in [7, 11) is 3.22. The van der Waals surface area contributed by atoms with E-state index in [1.165, 1.54) is 0 Å². The maximum atomic E-state index is 12.7. The zero-order valence-corrected chi connectivity index (χ0v) is 18.1. The average Bonchev–Trinajstić information content (AvgIpc) is 3.30. The summed E-state index contributed by atoms with van der Waals surface area (Å²) in [4.78, 5) is 17.3. The molecule has 0 aliphatic rings. The lowest BCUT2D eigenvalue weighted by Gasteiger charge is -2.11. The lowest BCUT2D eigenvalue weighted by atomic mass is 10.0. The van der Waals surface area contributed by atoms with Crippen LogP contribution in [0.25, 0.3) is 33.1 Å². The summed E-state index contributed by atoms with van der Waals surface area (Å²) in [5, 5.41) is 4.81. The van der Waals surface area contributed by atoms with Crippen LogP contribution in [0.4, 0.5) is 0 Å². The molecule has 5 rings (SSSR count). The van der Waals surface area contributed by atoms with Gasteiger partial charge in [-0.25, -0.2) is 4.79 Å². The highest BCUT2D eigenvalue weighted by Crippen LogP contribution is 2.38. The quantitative estimate of drug-likeness (QED) is 0.405. The molecule has 0 saturated carbocycles. The van der Waals surface area contributed by atoms with Gasteiger partial charge in [-0.05, 0) is 43.7 Å². The average molecular weight is 431 g/mol. The van der Waals surface area contributed by atoms with Gasteiger partial charge in [0.2, 0.25) is 0 Å². The second kappa shape index (κ2) is 7.56. The topological polar surface area (TPSA) is 92.5 Å². The summed E-state index contributed by atoms with van der Waals surface area (Å²) in [6.07, 6.45) is 1.57. The number of methoxy groups -OCH3 is 2. The van der Waals surface area contributed by atoms with Crippen molar-refractivity contribution in [1.29, 1.82) is 0 Å². The Kier molecular flexibility index (Phi) is 4.70. The van der Waals surface area contributed by atoms with Gasteiger partial charge in [-0.1, -0.05) is 17.3 Å². The number of aryl methyl sites for hydroxylation is 2. The number of oxazole rings is 1. The van der Waals surface area contributed by atoms with Crippen molar-refractivity contribution >= 4 is 22.0 Å². The van der Waals surface area contributed by atoms with E-state index in [-0.39, 0.29) is 0 Å². The number of hydrogen-bond acceptors (Lipinski definition) is 7. The van der Waals surface area contributed by atoms with E-state index in [1.807, 2.05) is 50.2 Å². The predicted molar refractivity (Wildman–Crippen MR) is 119 cm³/mol. The van der Waals surface area contributed by atoms with Crippen LogP contribution in [-0.4, -0.2) is 28.9 Å².